The van der Waals surface area contributed by atoms with Crippen molar-refractivity contribution in [3.05, 3.63) is 23.1 Å². The number of halogens is 1. The Labute approximate surface area is 82.5 Å². The number of hydrogen-bond acceptors (Lipinski definition) is 2. The van der Waals surface area contributed by atoms with Gasteiger partial charge in [-0.05, 0) is 36.6 Å². The van der Waals surface area contributed by atoms with Crippen molar-refractivity contribution in [2.24, 2.45) is 0 Å². The summed E-state index contributed by atoms with van der Waals surface area (Å²) in [4.78, 5) is 0. The molecule has 0 radical (unpaired) electrons. The molecule has 2 rings (SSSR count). The highest BCUT2D eigenvalue weighted by Crippen LogP contribution is 2.38. The van der Waals surface area contributed by atoms with Gasteiger partial charge in [0.1, 0.15) is 11.4 Å². The van der Waals surface area contributed by atoms with E-state index in [1.54, 1.807) is 12.1 Å². The van der Waals surface area contributed by atoms with Gasteiger partial charge in [-0.1, -0.05) is 19.3 Å². The van der Waals surface area contributed by atoms with E-state index in [1.165, 1.54) is 6.42 Å². The molecule has 0 unspecified atom stereocenters. The van der Waals surface area contributed by atoms with E-state index >= 15 is 0 Å². The monoisotopic (exact) mass is 200 g/mol. The molecule has 1 aromatic rings. The molecule has 1 aliphatic carbocycles. The smallest absolute Gasteiger partial charge is 0.193 e. The van der Waals surface area contributed by atoms with Gasteiger partial charge in [-0.15, -0.1) is 0 Å². The maximum Gasteiger partial charge on any atom is 0.193 e. The molecule has 1 saturated carbocycles. The Morgan fingerprint density at radius 1 is 1.23 bits per heavy atom. The lowest BCUT2D eigenvalue weighted by atomic mass is 9.83. The lowest BCUT2D eigenvalue weighted by molar-refractivity contribution is -0.0197. The number of aliphatic hydroxyl groups is 1. The van der Waals surface area contributed by atoms with Crippen LogP contribution in [0.2, 0.25) is 5.22 Å². The minimum atomic E-state index is -0.759. The van der Waals surface area contributed by atoms with E-state index in [4.69, 9.17) is 16.0 Å². The summed E-state index contributed by atoms with van der Waals surface area (Å²) in [6.45, 7) is 0. The molecule has 0 atom stereocenters. The third-order valence-corrected chi connectivity index (χ3v) is 2.92. The molecule has 0 aromatic carbocycles. The Hall–Kier alpha value is -0.470. The molecule has 0 spiro atoms. The molecule has 1 fully saturated rings. The molecule has 0 amide bonds. The van der Waals surface area contributed by atoms with Gasteiger partial charge in [0.15, 0.2) is 5.22 Å². The average molecular weight is 201 g/mol. The van der Waals surface area contributed by atoms with Gasteiger partial charge in [0.05, 0.1) is 0 Å². The summed E-state index contributed by atoms with van der Waals surface area (Å²) in [7, 11) is 0. The Kier molecular flexibility index (Phi) is 2.35. The van der Waals surface area contributed by atoms with E-state index < -0.39 is 5.60 Å². The van der Waals surface area contributed by atoms with Crippen LogP contribution in [0, 0.1) is 0 Å². The Bertz CT molecular complexity index is 287. The fourth-order valence-electron chi connectivity index (χ4n) is 1.95. The van der Waals surface area contributed by atoms with Crippen LogP contribution < -0.4 is 0 Å². The van der Waals surface area contributed by atoms with E-state index in [1.807, 2.05) is 0 Å². The average Bonchev–Trinajstić information content (AvgIpc) is 2.54. The van der Waals surface area contributed by atoms with Crippen molar-refractivity contribution in [1.29, 1.82) is 0 Å². The van der Waals surface area contributed by atoms with E-state index in [2.05, 4.69) is 0 Å². The fourth-order valence-corrected chi connectivity index (χ4v) is 2.09. The minimum Gasteiger partial charge on any atom is -0.447 e. The van der Waals surface area contributed by atoms with Crippen LogP contribution in [0.1, 0.15) is 37.9 Å². The zero-order valence-electron chi connectivity index (χ0n) is 7.42. The van der Waals surface area contributed by atoms with Crippen molar-refractivity contribution in [1.82, 2.24) is 0 Å². The second kappa shape index (κ2) is 3.35. The normalized spacial score (nSPS) is 21.7. The number of hydrogen-bond donors (Lipinski definition) is 1. The molecule has 1 heterocycles. The van der Waals surface area contributed by atoms with Crippen LogP contribution in [0.5, 0.6) is 0 Å². The summed E-state index contributed by atoms with van der Waals surface area (Å²) in [5, 5.41) is 10.6. The first-order valence-electron chi connectivity index (χ1n) is 4.69. The fraction of sp³-hybridized carbons (Fsp3) is 0.600. The topological polar surface area (TPSA) is 33.4 Å². The molecule has 72 valence electrons. The maximum atomic E-state index is 10.2. The second-order valence-electron chi connectivity index (χ2n) is 3.70. The van der Waals surface area contributed by atoms with Crippen LogP contribution in [0.4, 0.5) is 0 Å². The van der Waals surface area contributed by atoms with E-state index in [0.717, 1.165) is 25.7 Å². The highest BCUT2D eigenvalue weighted by molar-refractivity contribution is 6.28. The van der Waals surface area contributed by atoms with Crippen LogP contribution in [-0.4, -0.2) is 5.11 Å². The summed E-state index contributed by atoms with van der Waals surface area (Å²) in [5.41, 5.74) is -0.759. The van der Waals surface area contributed by atoms with Gasteiger partial charge in [-0.3, -0.25) is 0 Å². The van der Waals surface area contributed by atoms with Crippen LogP contribution >= 0.6 is 11.6 Å². The van der Waals surface area contributed by atoms with Gasteiger partial charge < -0.3 is 9.52 Å². The summed E-state index contributed by atoms with van der Waals surface area (Å²) in [6, 6.07) is 3.46. The van der Waals surface area contributed by atoms with Gasteiger partial charge in [-0.25, -0.2) is 0 Å². The summed E-state index contributed by atoms with van der Waals surface area (Å²) >= 11 is 5.66. The number of furan rings is 1. The third-order valence-electron chi connectivity index (χ3n) is 2.71. The summed E-state index contributed by atoms with van der Waals surface area (Å²) in [6.07, 6.45) is 4.91. The molecule has 1 N–H and O–H groups in total. The van der Waals surface area contributed by atoms with Gasteiger partial charge >= 0.3 is 0 Å². The van der Waals surface area contributed by atoms with Gasteiger partial charge in [0.2, 0.25) is 0 Å². The SMILES string of the molecule is OC1(c2ccc(Cl)o2)CCCCC1. The molecule has 3 heteroatoms. The summed E-state index contributed by atoms with van der Waals surface area (Å²) < 4.78 is 5.24. The van der Waals surface area contributed by atoms with Crippen LogP contribution in [0.3, 0.4) is 0 Å². The first-order chi connectivity index (χ1) is 6.21. The third kappa shape index (κ3) is 1.74. The lowest BCUT2D eigenvalue weighted by Gasteiger charge is -2.29. The van der Waals surface area contributed by atoms with Crippen molar-refractivity contribution < 1.29 is 9.52 Å². The molecule has 0 saturated heterocycles. The van der Waals surface area contributed by atoms with Gasteiger partial charge in [0.25, 0.3) is 0 Å². The van der Waals surface area contributed by atoms with E-state index in [0.29, 0.717) is 11.0 Å². The van der Waals surface area contributed by atoms with Gasteiger partial charge in [-0.2, -0.15) is 0 Å². The Morgan fingerprint density at radius 3 is 2.46 bits per heavy atom. The molecule has 1 aromatic heterocycles. The Balaban J connectivity index is 2.22. The van der Waals surface area contributed by atoms with Gasteiger partial charge in [0, 0.05) is 0 Å². The molecular formula is C10H13ClO2. The predicted molar refractivity (Wildman–Crippen MR) is 50.7 cm³/mol. The molecular weight excluding hydrogens is 188 g/mol. The van der Waals surface area contributed by atoms with Crippen molar-refractivity contribution in [2.75, 3.05) is 0 Å². The minimum absolute atomic E-state index is 0.356. The number of rotatable bonds is 1. The zero-order chi connectivity index (χ0) is 9.31. The first kappa shape index (κ1) is 9.10. The molecule has 1 aliphatic rings. The highest BCUT2D eigenvalue weighted by atomic mass is 35.5. The predicted octanol–water partition coefficient (Wildman–Crippen LogP) is 3.08. The van der Waals surface area contributed by atoms with E-state index in [9.17, 15) is 5.11 Å². The van der Waals surface area contributed by atoms with E-state index in [-0.39, 0.29) is 0 Å². The Morgan fingerprint density at radius 2 is 1.92 bits per heavy atom. The first-order valence-corrected chi connectivity index (χ1v) is 5.07. The highest BCUT2D eigenvalue weighted by Gasteiger charge is 2.34. The zero-order valence-corrected chi connectivity index (χ0v) is 8.18. The standard InChI is InChI=1S/C10H13ClO2/c11-9-5-4-8(13-9)10(12)6-2-1-3-7-10/h4-5,12H,1-3,6-7H2. The second-order valence-corrected chi connectivity index (χ2v) is 4.07. The van der Waals surface area contributed by atoms with Crippen LogP contribution in [0.15, 0.2) is 16.5 Å². The van der Waals surface area contributed by atoms with Crippen molar-refractivity contribution in [3.63, 3.8) is 0 Å². The van der Waals surface area contributed by atoms with Crippen molar-refractivity contribution >= 4 is 11.6 Å². The molecule has 0 bridgehead atoms. The molecule has 2 nitrogen and oxygen atoms in total. The summed E-state index contributed by atoms with van der Waals surface area (Å²) in [5.74, 6) is 0.622. The quantitative estimate of drug-likeness (QED) is 0.756. The van der Waals surface area contributed by atoms with Crippen molar-refractivity contribution in [3.8, 4) is 0 Å². The van der Waals surface area contributed by atoms with Crippen LogP contribution in [0.25, 0.3) is 0 Å². The lowest BCUT2D eigenvalue weighted by Crippen LogP contribution is -2.27. The van der Waals surface area contributed by atoms with Crippen molar-refractivity contribution in [2.45, 2.75) is 37.7 Å². The molecule has 13 heavy (non-hydrogen) atoms. The largest absolute Gasteiger partial charge is 0.447 e. The van der Waals surface area contributed by atoms with Crippen LogP contribution in [-0.2, 0) is 5.60 Å². The molecule has 0 aliphatic heterocycles. The maximum absolute atomic E-state index is 10.2.